The van der Waals surface area contributed by atoms with Gasteiger partial charge < -0.3 is 14.2 Å². The van der Waals surface area contributed by atoms with Gasteiger partial charge in [0.25, 0.3) is 5.91 Å². The van der Waals surface area contributed by atoms with Crippen LogP contribution >= 0.6 is 0 Å². The van der Waals surface area contributed by atoms with Gasteiger partial charge in [-0.2, -0.15) is 0 Å². The standard InChI is InChI=1S/C19H18N4O2/c24-19(23-10-16-7-15(23)11-25-16)14-6-17-18(20-8-14)22(12-21-17)9-13-4-2-1-3-5-13/h1-6,8,12,15-16H,7,9-11H2/t15-,16-/m1/s1. The lowest BCUT2D eigenvalue weighted by Gasteiger charge is -2.26. The van der Waals surface area contributed by atoms with Gasteiger partial charge in [-0.25, -0.2) is 9.97 Å². The number of hydrogen-bond acceptors (Lipinski definition) is 4. The predicted molar refractivity (Wildman–Crippen MR) is 92.3 cm³/mol. The lowest BCUT2D eigenvalue weighted by molar-refractivity contribution is 0.0259. The fourth-order valence-electron chi connectivity index (χ4n) is 3.78. The van der Waals surface area contributed by atoms with Crippen molar-refractivity contribution in [2.45, 2.75) is 25.1 Å². The van der Waals surface area contributed by atoms with Crippen molar-refractivity contribution in [3.05, 3.63) is 60.0 Å². The summed E-state index contributed by atoms with van der Waals surface area (Å²) in [5.41, 5.74) is 3.34. The van der Waals surface area contributed by atoms with E-state index in [9.17, 15) is 4.79 Å². The average molecular weight is 334 g/mol. The summed E-state index contributed by atoms with van der Waals surface area (Å²) in [5, 5.41) is 0. The van der Waals surface area contributed by atoms with Crippen molar-refractivity contribution in [2.75, 3.05) is 13.2 Å². The Morgan fingerprint density at radius 1 is 1.24 bits per heavy atom. The summed E-state index contributed by atoms with van der Waals surface area (Å²) in [5.74, 6) is 0.0304. The van der Waals surface area contributed by atoms with E-state index in [1.54, 1.807) is 12.5 Å². The lowest BCUT2D eigenvalue weighted by Crippen LogP contribution is -2.41. The molecule has 4 heterocycles. The largest absolute Gasteiger partial charge is 0.374 e. The van der Waals surface area contributed by atoms with Gasteiger partial charge in [-0.3, -0.25) is 4.79 Å². The van der Waals surface area contributed by atoms with E-state index < -0.39 is 0 Å². The van der Waals surface area contributed by atoms with Gasteiger partial charge in [0.15, 0.2) is 5.65 Å². The van der Waals surface area contributed by atoms with E-state index in [-0.39, 0.29) is 18.1 Å². The minimum absolute atomic E-state index is 0.0304. The SMILES string of the molecule is O=C(c1cnc2c(c1)ncn2Cc1ccccc1)N1C[C@H]2C[C@@H]1CO2. The van der Waals surface area contributed by atoms with Crippen LogP contribution in [0.2, 0.25) is 0 Å². The molecule has 2 atom stereocenters. The first-order chi connectivity index (χ1) is 12.3. The van der Waals surface area contributed by atoms with Crippen LogP contribution in [0.1, 0.15) is 22.3 Å². The van der Waals surface area contributed by atoms with Gasteiger partial charge in [-0.15, -0.1) is 0 Å². The topological polar surface area (TPSA) is 60.2 Å². The Morgan fingerprint density at radius 2 is 2.12 bits per heavy atom. The molecule has 126 valence electrons. The lowest BCUT2D eigenvalue weighted by atomic mass is 10.2. The van der Waals surface area contributed by atoms with Crippen molar-refractivity contribution in [3.8, 4) is 0 Å². The van der Waals surface area contributed by atoms with E-state index in [1.807, 2.05) is 33.7 Å². The molecular formula is C19H18N4O2. The normalized spacial score (nSPS) is 22.0. The smallest absolute Gasteiger partial charge is 0.255 e. The maximum absolute atomic E-state index is 12.8. The quantitative estimate of drug-likeness (QED) is 0.736. The molecule has 2 aliphatic rings. The van der Waals surface area contributed by atoms with Gasteiger partial charge in [0.05, 0.1) is 37.2 Å². The maximum atomic E-state index is 12.8. The number of aromatic nitrogens is 3. The summed E-state index contributed by atoms with van der Waals surface area (Å²) in [6, 6.07) is 12.3. The highest BCUT2D eigenvalue weighted by Crippen LogP contribution is 2.29. The van der Waals surface area contributed by atoms with Gasteiger partial charge in [0.1, 0.15) is 5.52 Å². The summed E-state index contributed by atoms with van der Waals surface area (Å²) in [6.07, 6.45) is 4.61. The number of morpholine rings is 1. The Bertz CT molecular complexity index is 937. The first-order valence-corrected chi connectivity index (χ1v) is 8.55. The second-order valence-electron chi connectivity index (χ2n) is 6.73. The van der Waals surface area contributed by atoms with Gasteiger partial charge in [-0.05, 0) is 18.1 Å². The molecule has 6 nitrogen and oxygen atoms in total. The number of carbonyl (C=O) groups excluding carboxylic acids is 1. The molecule has 0 unspecified atom stereocenters. The fraction of sp³-hybridized carbons (Fsp3) is 0.316. The Kier molecular flexibility index (Phi) is 3.31. The molecule has 5 rings (SSSR count). The Balaban J connectivity index is 1.42. The molecule has 2 saturated heterocycles. The Morgan fingerprint density at radius 3 is 2.88 bits per heavy atom. The molecule has 2 bridgehead atoms. The second-order valence-corrected chi connectivity index (χ2v) is 6.73. The molecule has 3 aromatic rings. The number of likely N-dealkylation sites (tertiary alicyclic amines) is 1. The number of pyridine rings is 1. The highest BCUT2D eigenvalue weighted by molar-refractivity contribution is 5.96. The monoisotopic (exact) mass is 334 g/mol. The summed E-state index contributed by atoms with van der Waals surface area (Å²) in [6.45, 7) is 2.05. The molecule has 2 aliphatic heterocycles. The number of imidazole rings is 1. The van der Waals surface area contributed by atoms with E-state index >= 15 is 0 Å². The van der Waals surface area contributed by atoms with Crippen molar-refractivity contribution in [2.24, 2.45) is 0 Å². The molecule has 25 heavy (non-hydrogen) atoms. The van der Waals surface area contributed by atoms with Crippen LogP contribution < -0.4 is 0 Å². The summed E-state index contributed by atoms with van der Waals surface area (Å²) >= 11 is 0. The number of ether oxygens (including phenoxy) is 1. The molecule has 0 spiro atoms. The number of hydrogen-bond donors (Lipinski definition) is 0. The third-order valence-electron chi connectivity index (χ3n) is 5.06. The summed E-state index contributed by atoms with van der Waals surface area (Å²) in [7, 11) is 0. The van der Waals surface area contributed by atoms with Crippen LogP contribution in [-0.2, 0) is 11.3 Å². The number of benzene rings is 1. The minimum Gasteiger partial charge on any atom is -0.374 e. The van der Waals surface area contributed by atoms with Crippen LogP contribution in [0.3, 0.4) is 0 Å². The average Bonchev–Trinajstić information content (AvgIpc) is 3.37. The second kappa shape index (κ2) is 5.67. The van der Waals surface area contributed by atoms with Crippen LogP contribution in [0, 0.1) is 0 Å². The number of fused-ring (bicyclic) bond motifs is 3. The fourth-order valence-corrected chi connectivity index (χ4v) is 3.78. The molecule has 2 fully saturated rings. The molecule has 1 aromatic carbocycles. The number of amides is 1. The van der Waals surface area contributed by atoms with Crippen LogP contribution in [-0.4, -0.2) is 50.6 Å². The highest BCUT2D eigenvalue weighted by Gasteiger charge is 2.41. The molecule has 0 saturated carbocycles. The predicted octanol–water partition coefficient (Wildman–Crippen LogP) is 2.09. The van der Waals surface area contributed by atoms with Crippen molar-refractivity contribution < 1.29 is 9.53 Å². The molecule has 0 N–H and O–H groups in total. The molecule has 0 aliphatic carbocycles. The molecule has 6 heteroatoms. The van der Waals surface area contributed by atoms with Gasteiger partial charge >= 0.3 is 0 Å². The van der Waals surface area contributed by atoms with E-state index in [0.717, 1.165) is 17.6 Å². The van der Waals surface area contributed by atoms with E-state index in [0.29, 0.717) is 25.3 Å². The third-order valence-corrected chi connectivity index (χ3v) is 5.06. The zero-order valence-electron chi connectivity index (χ0n) is 13.7. The van der Waals surface area contributed by atoms with Crippen molar-refractivity contribution in [3.63, 3.8) is 0 Å². The zero-order chi connectivity index (χ0) is 16.8. The Hall–Kier alpha value is -2.73. The Labute approximate surface area is 145 Å². The van der Waals surface area contributed by atoms with Gasteiger partial charge in [0, 0.05) is 12.7 Å². The van der Waals surface area contributed by atoms with Gasteiger partial charge in [0.2, 0.25) is 0 Å². The van der Waals surface area contributed by atoms with E-state index in [1.165, 1.54) is 5.56 Å². The molecule has 1 amide bonds. The van der Waals surface area contributed by atoms with E-state index in [2.05, 4.69) is 22.1 Å². The van der Waals surface area contributed by atoms with Crippen molar-refractivity contribution in [1.82, 2.24) is 19.4 Å². The highest BCUT2D eigenvalue weighted by atomic mass is 16.5. The number of rotatable bonds is 3. The molecule has 2 aromatic heterocycles. The van der Waals surface area contributed by atoms with Crippen molar-refractivity contribution in [1.29, 1.82) is 0 Å². The summed E-state index contributed by atoms with van der Waals surface area (Å²) in [4.78, 5) is 23.6. The third kappa shape index (κ3) is 2.49. The van der Waals surface area contributed by atoms with E-state index in [4.69, 9.17) is 4.74 Å². The van der Waals surface area contributed by atoms with Crippen molar-refractivity contribution >= 4 is 17.1 Å². The van der Waals surface area contributed by atoms with Gasteiger partial charge in [-0.1, -0.05) is 30.3 Å². The van der Waals surface area contributed by atoms with Crippen LogP contribution in [0.15, 0.2) is 48.9 Å². The minimum atomic E-state index is 0.0304. The zero-order valence-corrected chi connectivity index (χ0v) is 13.7. The van der Waals surface area contributed by atoms with Crippen LogP contribution in [0.25, 0.3) is 11.2 Å². The molecule has 0 radical (unpaired) electrons. The first-order valence-electron chi connectivity index (χ1n) is 8.55. The van der Waals surface area contributed by atoms with Crippen LogP contribution in [0.4, 0.5) is 0 Å². The van der Waals surface area contributed by atoms with Crippen LogP contribution in [0.5, 0.6) is 0 Å². The number of carbonyl (C=O) groups is 1. The maximum Gasteiger partial charge on any atom is 0.255 e. The molecular weight excluding hydrogens is 316 g/mol. The number of nitrogens with zero attached hydrogens (tertiary/aromatic N) is 4. The first kappa shape index (κ1) is 14.6. The summed E-state index contributed by atoms with van der Waals surface area (Å²) < 4.78 is 7.58.